The molecule has 2 unspecified atom stereocenters. The molecule has 0 bridgehead atoms. The maximum atomic E-state index is 9.49. The predicted molar refractivity (Wildman–Crippen MR) is 82.4 cm³/mol. The molecule has 0 aliphatic rings. The van der Waals surface area contributed by atoms with Gasteiger partial charge in [0.1, 0.15) is 0 Å². The van der Waals surface area contributed by atoms with E-state index >= 15 is 0 Å². The molecule has 0 rings (SSSR count). The molecule has 0 aromatic rings. The van der Waals surface area contributed by atoms with Crippen molar-refractivity contribution in [1.29, 1.82) is 0 Å². The molecule has 0 radical (unpaired) electrons. The highest BCUT2D eigenvalue weighted by Gasteiger charge is 2.25. The van der Waals surface area contributed by atoms with Gasteiger partial charge in [0, 0.05) is 0 Å². The van der Waals surface area contributed by atoms with Gasteiger partial charge in [-0.3, -0.25) is 0 Å². The molecule has 1 N–H and O–H groups in total. The Balaban J connectivity index is 3.21. The third kappa shape index (κ3) is 10.2. The van der Waals surface area contributed by atoms with Crippen LogP contribution in [-0.2, 0) is 0 Å². The second kappa shape index (κ2) is 11.1. The van der Waals surface area contributed by atoms with Crippen LogP contribution in [0.1, 0.15) is 91.4 Å². The summed E-state index contributed by atoms with van der Waals surface area (Å²) in [5, 5.41) is 9.49. The molecule has 0 heterocycles. The van der Waals surface area contributed by atoms with Crippen LogP contribution < -0.4 is 0 Å². The van der Waals surface area contributed by atoms with E-state index in [1.54, 1.807) is 6.92 Å². The van der Waals surface area contributed by atoms with Crippen LogP contribution in [0.4, 0.5) is 0 Å². The predicted octanol–water partition coefficient (Wildman–Crippen LogP) is 5.68. The molecule has 0 saturated heterocycles. The third-order valence-corrected chi connectivity index (χ3v) is 4.40. The minimum absolute atomic E-state index is 0.419. The normalized spacial score (nSPS) is 16.5. The topological polar surface area (TPSA) is 20.2 Å². The largest absolute Gasteiger partial charge is 0.392 e. The molecule has 0 amide bonds. The number of alkyl halides is 1. The molecule has 2 heteroatoms. The van der Waals surface area contributed by atoms with Gasteiger partial charge in [0.2, 0.25) is 0 Å². The molecule has 18 heavy (non-hydrogen) atoms. The first-order valence-electron chi connectivity index (χ1n) is 7.87. The van der Waals surface area contributed by atoms with Crippen LogP contribution in [-0.4, -0.2) is 16.1 Å². The maximum Gasteiger partial charge on any atom is 0.0701 e. The molecule has 0 aliphatic heterocycles. The van der Waals surface area contributed by atoms with Gasteiger partial charge in [-0.25, -0.2) is 0 Å². The quantitative estimate of drug-likeness (QED) is 0.359. The number of hydrogen-bond donors (Lipinski definition) is 1. The van der Waals surface area contributed by atoms with Gasteiger partial charge in [0.25, 0.3) is 0 Å². The average Bonchev–Trinajstić information content (AvgIpc) is 2.31. The van der Waals surface area contributed by atoms with Crippen LogP contribution >= 0.6 is 11.6 Å². The minimum atomic E-state index is -0.430. The van der Waals surface area contributed by atoms with Crippen molar-refractivity contribution in [2.45, 2.75) is 102 Å². The fraction of sp³-hybridized carbons (Fsp3) is 1.00. The molecule has 0 spiro atoms. The van der Waals surface area contributed by atoms with E-state index in [0.717, 1.165) is 12.8 Å². The molecule has 1 nitrogen and oxygen atoms in total. The van der Waals surface area contributed by atoms with Gasteiger partial charge in [0.15, 0.2) is 0 Å². The van der Waals surface area contributed by atoms with Gasteiger partial charge in [-0.1, -0.05) is 71.1 Å². The summed E-state index contributed by atoms with van der Waals surface area (Å²) in [6, 6.07) is 0. The summed E-state index contributed by atoms with van der Waals surface area (Å²) >= 11 is 6.23. The highest BCUT2D eigenvalue weighted by Crippen LogP contribution is 2.26. The molecular formula is C16H33ClO. The van der Waals surface area contributed by atoms with Gasteiger partial charge in [-0.2, -0.15) is 0 Å². The smallest absolute Gasteiger partial charge is 0.0701 e. The van der Waals surface area contributed by atoms with Crippen molar-refractivity contribution >= 4 is 11.6 Å². The first-order chi connectivity index (χ1) is 8.50. The van der Waals surface area contributed by atoms with Crippen LogP contribution in [0.25, 0.3) is 0 Å². The molecule has 0 aliphatic carbocycles. The highest BCUT2D eigenvalue weighted by atomic mass is 35.5. The molecule has 110 valence electrons. The van der Waals surface area contributed by atoms with Crippen molar-refractivity contribution in [3.05, 3.63) is 0 Å². The lowest BCUT2D eigenvalue weighted by molar-refractivity contribution is 0.143. The molecular weight excluding hydrogens is 244 g/mol. The van der Waals surface area contributed by atoms with Gasteiger partial charge in [0.05, 0.1) is 11.0 Å². The Kier molecular flexibility index (Phi) is 11.3. The standard InChI is InChI=1S/C16H33ClO/c1-4-5-6-7-8-9-10-11-12-13-14-16(3,17)15(2)18/h15,18H,4-14H2,1-3H3. The van der Waals surface area contributed by atoms with Gasteiger partial charge >= 0.3 is 0 Å². The number of unbranched alkanes of at least 4 members (excludes halogenated alkanes) is 9. The van der Waals surface area contributed by atoms with E-state index in [1.807, 2.05) is 6.92 Å². The Morgan fingerprint density at radius 2 is 1.28 bits per heavy atom. The van der Waals surface area contributed by atoms with Crippen molar-refractivity contribution in [3.8, 4) is 0 Å². The van der Waals surface area contributed by atoms with Crippen LogP contribution in [0.5, 0.6) is 0 Å². The summed E-state index contributed by atoms with van der Waals surface area (Å²) in [5.74, 6) is 0. The Morgan fingerprint density at radius 3 is 1.67 bits per heavy atom. The number of rotatable bonds is 12. The van der Waals surface area contributed by atoms with E-state index in [0.29, 0.717) is 0 Å². The molecule has 0 saturated carbocycles. The summed E-state index contributed by atoms with van der Waals surface area (Å²) in [5.41, 5.74) is 0. The lowest BCUT2D eigenvalue weighted by Gasteiger charge is -2.25. The van der Waals surface area contributed by atoms with E-state index in [9.17, 15) is 5.11 Å². The maximum absolute atomic E-state index is 9.49. The zero-order valence-corrected chi connectivity index (χ0v) is 13.4. The fourth-order valence-corrected chi connectivity index (χ4v) is 2.30. The lowest BCUT2D eigenvalue weighted by atomic mass is 9.96. The summed E-state index contributed by atoms with van der Waals surface area (Å²) in [6.07, 6.45) is 13.9. The molecule has 0 fully saturated rings. The Hall–Kier alpha value is 0.250. The number of hydrogen-bond acceptors (Lipinski definition) is 1. The molecule has 2 atom stereocenters. The van der Waals surface area contributed by atoms with Crippen molar-refractivity contribution in [1.82, 2.24) is 0 Å². The number of aliphatic hydroxyl groups is 1. The Morgan fingerprint density at radius 1 is 0.889 bits per heavy atom. The van der Waals surface area contributed by atoms with Crippen molar-refractivity contribution in [2.75, 3.05) is 0 Å². The van der Waals surface area contributed by atoms with E-state index in [2.05, 4.69) is 6.92 Å². The van der Waals surface area contributed by atoms with E-state index in [4.69, 9.17) is 11.6 Å². The van der Waals surface area contributed by atoms with Crippen molar-refractivity contribution < 1.29 is 5.11 Å². The average molecular weight is 277 g/mol. The number of aliphatic hydroxyl groups excluding tert-OH is 1. The second-order valence-corrected chi connectivity index (χ2v) is 6.75. The van der Waals surface area contributed by atoms with Crippen LogP contribution in [0.15, 0.2) is 0 Å². The first kappa shape index (κ1) is 18.2. The SMILES string of the molecule is CCCCCCCCCCCCC(C)(Cl)C(C)O. The summed E-state index contributed by atoms with van der Waals surface area (Å²) in [6.45, 7) is 5.98. The van der Waals surface area contributed by atoms with E-state index in [-0.39, 0.29) is 0 Å². The van der Waals surface area contributed by atoms with Gasteiger partial charge < -0.3 is 5.11 Å². The van der Waals surface area contributed by atoms with Gasteiger partial charge in [-0.15, -0.1) is 11.6 Å². The molecule has 0 aromatic heterocycles. The fourth-order valence-electron chi connectivity index (χ4n) is 2.17. The highest BCUT2D eigenvalue weighted by molar-refractivity contribution is 6.24. The zero-order chi connectivity index (χ0) is 13.9. The van der Waals surface area contributed by atoms with Gasteiger partial charge in [-0.05, 0) is 20.3 Å². The number of halogens is 1. The van der Waals surface area contributed by atoms with Crippen molar-refractivity contribution in [2.24, 2.45) is 0 Å². The Labute approximate surface area is 119 Å². The third-order valence-electron chi connectivity index (χ3n) is 3.89. The summed E-state index contributed by atoms with van der Waals surface area (Å²) in [7, 11) is 0. The molecule has 0 aromatic carbocycles. The summed E-state index contributed by atoms with van der Waals surface area (Å²) in [4.78, 5) is -0.430. The van der Waals surface area contributed by atoms with Crippen LogP contribution in [0, 0.1) is 0 Å². The van der Waals surface area contributed by atoms with Crippen LogP contribution in [0.2, 0.25) is 0 Å². The second-order valence-electron chi connectivity index (χ2n) is 5.89. The first-order valence-corrected chi connectivity index (χ1v) is 8.25. The zero-order valence-electron chi connectivity index (χ0n) is 12.7. The summed E-state index contributed by atoms with van der Waals surface area (Å²) < 4.78 is 0. The van der Waals surface area contributed by atoms with E-state index < -0.39 is 11.0 Å². The Bertz CT molecular complexity index is 178. The van der Waals surface area contributed by atoms with Crippen LogP contribution in [0.3, 0.4) is 0 Å². The minimum Gasteiger partial charge on any atom is -0.392 e. The van der Waals surface area contributed by atoms with Crippen molar-refractivity contribution in [3.63, 3.8) is 0 Å². The monoisotopic (exact) mass is 276 g/mol. The van der Waals surface area contributed by atoms with E-state index in [1.165, 1.54) is 57.8 Å². The lowest BCUT2D eigenvalue weighted by Crippen LogP contribution is -2.30.